The van der Waals surface area contributed by atoms with E-state index >= 15 is 0 Å². The lowest BCUT2D eigenvalue weighted by Crippen LogP contribution is -2.34. The summed E-state index contributed by atoms with van der Waals surface area (Å²) in [5.41, 5.74) is 18.5. The van der Waals surface area contributed by atoms with Crippen LogP contribution in [0.2, 0.25) is 0 Å². The fraction of sp³-hybridized carbons (Fsp3) is 0.500. The van der Waals surface area contributed by atoms with Crippen molar-refractivity contribution in [3.8, 4) is 16.9 Å². The van der Waals surface area contributed by atoms with Gasteiger partial charge in [-0.1, -0.05) is 39.8 Å². The Morgan fingerprint density at radius 1 is 1.24 bits per heavy atom. The predicted molar refractivity (Wildman–Crippen MR) is 168 cm³/mol. The summed E-state index contributed by atoms with van der Waals surface area (Å²) in [6, 6.07) is 7.59. The lowest BCUT2D eigenvalue weighted by molar-refractivity contribution is 0.245. The normalized spacial score (nSPS) is 21.0. The lowest BCUT2D eigenvalue weighted by Gasteiger charge is -2.38. The van der Waals surface area contributed by atoms with E-state index in [9.17, 15) is 8.42 Å². The highest BCUT2D eigenvalue weighted by Gasteiger charge is 2.34. The highest BCUT2D eigenvalue weighted by molar-refractivity contribution is 7.89. The van der Waals surface area contributed by atoms with Crippen LogP contribution in [0.15, 0.2) is 63.9 Å². The minimum absolute atomic E-state index is 0.000933. The van der Waals surface area contributed by atoms with Crippen LogP contribution in [0.1, 0.15) is 58.9 Å². The molecule has 0 bridgehead atoms. The molecule has 2 atom stereocenters. The van der Waals surface area contributed by atoms with Crippen molar-refractivity contribution in [2.75, 3.05) is 32.0 Å². The number of benzene rings is 1. The fourth-order valence-corrected chi connectivity index (χ4v) is 7.25. The standard InChI is InChI=1S/C32H44N6O3S/c1-5-22-9-11-35-27-8-10-32(3,4)16-26(27)30(22)38-12-13-41-28-7-6-23(14-25(28)20-38)24-15-29(31(34)36-19-24)42(39,40)37-18-21(2)17-33/h6-7,9,11,14-15,19,21-22,37H,5,8,10,12-13,16-18,20,33H2,1-4H3,(H2,34,36). The van der Waals surface area contributed by atoms with Crippen LogP contribution in [0.25, 0.3) is 11.1 Å². The van der Waals surface area contributed by atoms with Gasteiger partial charge in [-0.3, -0.25) is 4.99 Å². The Morgan fingerprint density at radius 2 is 2.05 bits per heavy atom. The monoisotopic (exact) mass is 592 g/mol. The second-order valence-corrected chi connectivity index (χ2v) is 14.3. The van der Waals surface area contributed by atoms with E-state index in [1.807, 2.05) is 25.3 Å². The Hall–Kier alpha value is -3.21. The van der Waals surface area contributed by atoms with E-state index in [2.05, 4.69) is 47.5 Å². The maximum absolute atomic E-state index is 13.1. The van der Waals surface area contributed by atoms with E-state index in [0.29, 0.717) is 25.3 Å². The summed E-state index contributed by atoms with van der Waals surface area (Å²) in [4.78, 5) is 11.6. The van der Waals surface area contributed by atoms with E-state index in [-0.39, 0.29) is 34.5 Å². The van der Waals surface area contributed by atoms with E-state index in [4.69, 9.17) is 21.2 Å². The van der Waals surface area contributed by atoms with Crippen LogP contribution in [0.4, 0.5) is 5.82 Å². The number of sulfonamides is 1. The summed E-state index contributed by atoms with van der Waals surface area (Å²) < 4.78 is 35.0. The topological polar surface area (TPSA) is 136 Å². The number of nitrogens with zero attached hydrogens (tertiary/aromatic N) is 3. The number of hydrogen-bond donors (Lipinski definition) is 3. The van der Waals surface area contributed by atoms with Crippen LogP contribution in [0.5, 0.6) is 5.75 Å². The van der Waals surface area contributed by atoms with Gasteiger partial charge in [0.2, 0.25) is 10.0 Å². The average molecular weight is 593 g/mol. The zero-order valence-electron chi connectivity index (χ0n) is 25.2. The molecule has 2 aliphatic heterocycles. The molecule has 226 valence electrons. The number of ether oxygens (including phenoxy) is 1. The number of aliphatic imine (C=N–C) groups is 1. The zero-order chi connectivity index (χ0) is 30.1. The first-order chi connectivity index (χ1) is 20.0. The molecule has 42 heavy (non-hydrogen) atoms. The Morgan fingerprint density at radius 3 is 2.81 bits per heavy atom. The Bertz CT molecular complexity index is 1530. The lowest BCUT2D eigenvalue weighted by atomic mass is 9.72. The minimum atomic E-state index is -3.86. The van der Waals surface area contributed by atoms with E-state index < -0.39 is 10.0 Å². The van der Waals surface area contributed by atoms with Gasteiger partial charge in [0.1, 0.15) is 23.1 Å². The number of aromatic nitrogens is 1. The summed E-state index contributed by atoms with van der Waals surface area (Å²) in [5, 5.41) is 0. The van der Waals surface area contributed by atoms with Crippen LogP contribution in [-0.2, 0) is 16.6 Å². The van der Waals surface area contributed by atoms with Gasteiger partial charge in [0, 0.05) is 53.9 Å². The van der Waals surface area contributed by atoms with E-state index in [1.54, 1.807) is 12.3 Å². The van der Waals surface area contributed by atoms with Gasteiger partial charge < -0.3 is 21.1 Å². The second-order valence-electron chi connectivity index (χ2n) is 12.5. The predicted octanol–water partition coefficient (Wildman–Crippen LogP) is 4.86. The molecule has 3 heterocycles. The smallest absolute Gasteiger partial charge is 0.244 e. The highest BCUT2D eigenvalue weighted by atomic mass is 32.2. The third kappa shape index (κ3) is 6.40. The van der Waals surface area contributed by atoms with Gasteiger partial charge in [-0.05, 0) is 72.9 Å². The maximum Gasteiger partial charge on any atom is 0.244 e. The third-order valence-electron chi connectivity index (χ3n) is 8.60. The number of allylic oxidation sites excluding steroid dienone is 2. The van der Waals surface area contributed by atoms with Crippen LogP contribution in [0, 0.1) is 17.3 Å². The third-order valence-corrected chi connectivity index (χ3v) is 10.1. The summed E-state index contributed by atoms with van der Waals surface area (Å²) >= 11 is 0. The average Bonchev–Trinajstić information content (AvgIpc) is 3.28. The van der Waals surface area contributed by atoms with Crippen LogP contribution >= 0.6 is 0 Å². The first-order valence-corrected chi connectivity index (χ1v) is 16.4. The molecule has 1 aliphatic carbocycles. The molecule has 5 rings (SSSR count). The van der Waals surface area contributed by atoms with Crippen molar-refractivity contribution in [3.63, 3.8) is 0 Å². The number of fused-ring (bicyclic) bond motifs is 2. The van der Waals surface area contributed by atoms with Gasteiger partial charge in [-0.15, -0.1) is 0 Å². The van der Waals surface area contributed by atoms with Gasteiger partial charge in [0.05, 0.1) is 6.54 Å². The second kappa shape index (κ2) is 12.2. The Kier molecular flexibility index (Phi) is 8.78. The molecule has 1 aromatic heterocycles. The highest BCUT2D eigenvalue weighted by Crippen LogP contribution is 2.43. The van der Waals surface area contributed by atoms with Gasteiger partial charge >= 0.3 is 0 Å². The number of nitrogens with two attached hydrogens (primary N) is 2. The number of hydrogen-bond acceptors (Lipinski definition) is 8. The van der Waals surface area contributed by atoms with Crippen molar-refractivity contribution < 1.29 is 13.2 Å². The molecule has 2 aromatic rings. The van der Waals surface area contributed by atoms with Crippen molar-refractivity contribution in [3.05, 3.63) is 59.6 Å². The number of anilines is 1. The maximum atomic E-state index is 13.1. The fourth-order valence-electron chi connectivity index (χ4n) is 5.98. The van der Waals surface area contributed by atoms with E-state index in [1.165, 1.54) is 17.0 Å². The molecule has 0 radical (unpaired) electrons. The summed E-state index contributed by atoms with van der Waals surface area (Å²) in [6.45, 7) is 11.5. The van der Waals surface area contributed by atoms with Gasteiger partial charge in [-0.2, -0.15) is 0 Å². The number of nitrogen functional groups attached to an aromatic ring is 1. The molecule has 0 spiro atoms. The molecule has 10 heteroatoms. The molecule has 1 saturated carbocycles. The molecule has 1 fully saturated rings. The van der Waals surface area contributed by atoms with Crippen molar-refractivity contribution in [1.29, 1.82) is 0 Å². The molecular formula is C32H44N6O3S. The number of rotatable bonds is 8. The molecule has 3 aliphatic rings. The molecule has 1 aromatic carbocycles. The van der Waals surface area contributed by atoms with Crippen molar-refractivity contribution in [2.24, 2.45) is 28.0 Å². The SMILES string of the molecule is CCC1C=CN=C2CCC(C)(C)CC2=C1N1CCOc2ccc(-c3cnc(N)c(S(=O)(=O)NCC(C)CN)c3)cc2C1. The zero-order valence-corrected chi connectivity index (χ0v) is 26.0. The van der Waals surface area contributed by atoms with E-state index in [0.717, 1.165) is 49.1 Å². The number of pyridine rings is 1. The number of nitrogens with one attached hydrogen (secondary N) is 1. The van der Waals surface area contributed by atoms with Gasteiger partial charge in [0.25, 0.3) is 0 Å². The molecular weight excluding hydrogens is 548 g/mol. The first kappa shape index (κ1) is 30.3. The van der Waals surface area contributed by atoms with Gasteiger partial charge in [-0.25, -0.2) is 18.1 Å². The van der Waals surface area contributed by atoms with Crippen molar-refractivity contribution in [1.82, 2.24) is 14.6 Å². The van der Waals surface area contributed by atoms with Crippen molar-refractivity contribution in [2.45, 2.75) is 64.8 Å². The molecule has 9 nitrogen and oxygen atoms in total. The summed E-state index contributed by atoms with van der Waals surface area (Å²) in [5.74, 6) is 1.09. The summed E-state index contributed by atoms with van der Waals surface area (Å²) in [6.07, 6.45) is 10.00. The summed E-state index contributed by atoms with van der Waals surface area (Å²) in [7, 11) is -3.86. The van der Waals surface area contributed by atoms with Gasteiger partial charge in [0.15, 0.2) is 0 Å². The quantitative estimate of drug-likeness (QED) is 0.398. The molecule has 2 unspecified atom stereocenters. The molecule has 0 amide bonds. The molecule has 0 saturated heterocycles. The van der Waals surface area contributed by atoms with Crippen LogP contribution in [-0.4, -0.2) is 50.3 Å². The van der Waals surface area contributed by atoms with Crippen molar-refractivity contribution >= 4 is 21.6 Å². The first-order valence-electron chi connectivity index (χ1n) is 14.9. The Balaban J connectivity index is 1.50. The Labute approximate surface area is 250 Å². The van der Waals surface area contributed by atoms with Crippen LogP contribution in [0.3, 0.4) is 0 Å². The minimum Gasteiger partial charge on any atom is -0.491 e. The molecule has 5 N–H and O–H groups in total. The largest absolute Gasteiger partial charge is 0.491 e. The van der Waals surface area contributed by atoms with Crippen LogP contribution < -0.4 is 20.9 Å².